The molecule has 5 heteroatoms. The zero-order valence-corrected chi connectivity index (χ0v) is 12.1. The van der Waals surface area contributed by atoms with Gasteiger partial charge < -0.3 is 9.52 Å². The van der Waals surface area contributed by atoms with Crippen LogP contribution in [-0.4, -0.2) is 29.6 Å². The Morgan fingerprint density at radius 2 is 2.10 bits per heavy atom. The van der Waals surface area contributed by atoms with E-state index in [1.807, 2.05) is 30.1 Å². The minimum atomic E-state index is -0.822. The summed E-state index contributed by atoms with van der Waals surface area (Å²) in [5, 5.41) is 8.65. The minimum absolute atomic E-state index is 0.0903. The Hall–Kier alpha value is -2.14. The molecule has 1 heterocycles. The van der Waals surface area contributed by atoms with Gasteiger partial charge in [0, 0.05) is 12.1 Å². The average molecular weight is 291 g/mol. The molecule has 0 aliphatic heterocycles. The van der Waals surface area contributed by atoms with E-state index < -0.39 is 5.97 Å². The highest BCUT2D eigenvalue weighted by molar-refractivity contribution is 5.66. The first-order valence-electron chi connectivity index (χ1n) is 6.72. The maximum atomic E-state index is 13.6. The Labute approximate surface area is 122 Å². The number of aliphatic carboxylic acids is 1. The molecule has 1 aromatic carbocycles. The van der Waals surface area contributed by atoms with Gasteiger partial charge in [-0.3, -0.25) is 9.69 Å². The number of carboxylic acid groups (broad SMARTS) is 1. The maximum absolute atomic E-state index is 13.6. The molecule has 2 aromatic rings. The molecule has 0 unspecified atom stereocenters. The fourth-order valence-electron chi connectivity index (χ4n) is 2.11. The summed E-state index contributed by atoms with van der Waals surface area (Å²) in [5.41, 5.74) is 1.28. The molecule has 0 aliphatic carbocycles. The summed E-state index contributed by atoms with van der Waals surface area (Å²) in [5.74, 6) is 0.261. The molecule has 21 heavy (non-hydrogen) atoms. The second kappa shape index (κ2) is 6.54. The Bertz CT molecular complexity index is 636. The summed E-state index contributed by atoms with van der Waals surface area (Å²) in [6.07, 6.45) is 0.0903. The van der Waals surface area contributed by atoms with Gasteiger partial charge in [-0.05, 0) is 37.7 Å². The molecule has 0 aliphatic rings. The van der Waals surface area contributed by atoms with Gasteiger partial charge in [-0.1, -0.05) is 12.1 Å². The second-order valence-corrected chi connectivity index (χ2v) is 5.06. The van der Waals surface area contributed by atoms with Gasteiger partial charge in [0.15, 0.2) is 0 Å². The van der Waals surface area contributed by atoms with E-state index in [1.54, 1.807) is 13.0 Å². The molecule has 0 bridgehead atoms. The third-order valence-corrected chi connectivity index (χ3v) is 3.33. The van der Waals surface area contributed by atoms with E-state index >= 15 is 0 Å². The molecule has 0 amide bonds. The molecule has 0 saturated carbocycles. The van der Waals surface area contributed by atoms with Crippen molar-refractivity contribution in [3.63, 3.8) is 0 Å². The van der Waals surface area contributed by atoms with Crippen molar-refractivity contribution >= 4 is 5.97 Å². The van der Waals surface area contributed by atoms with E-state index in [1.165, 1.54) is 6.07 Å². The van der Waals surface area contributed by atoms with E-state index in [0.29, 0.717) is 24.4 Å². The number of furan rings is 1. The molecule has 0 radical (unpaired) electrons. The quantitative estimate of drug-likeness (QED) is 0.887. The van der Waals surface area contributed by atoms with Crippen LogP contribution in [0, 0.1) is 12.7 Å². The van der Waals surface area contributed by atoms with Gasteiger partial charge >= 0.3 is 5.97 Å². The topological polar surface area (TPSA) is 53.7 Å². The third-order valence-electron chi connectivity index (χ3n) is 3.33. The van der Waals surface area contributed by atoms with Gasteiger partial charge in [-0.25, -0.2) is 4.39 Å². The van der Waals surface area contributed by atoms with Crippen molar-refractivity contribution in [2.45, 2.75) is 19.9 Å². The van der Waals surface area contributed by atoms with Crippen LogP contribution in [0.5, 0.6) is 0 Å². The summed E-state index contributed by atoms with van der Waals surface area (Å²) in [6.45, 7) is 2.68. The van der Waals surface area contributed by atoms with Crippen LogP contribution < -0.4 is 0 Å². The maximum Gasteiger partial charge on any atom is 0.304 e. The molecule has 0 spiro atoms. The molecular formula is C16H18FNO3. The molecular weight excluding hydrogens is 273 g/mol. The number of hydrogen-bond acceptors (Lipinski definition) is 3. The molecule has 0 atom stereocenters. The SMILES string of the molecule is Cc1c(F)cccc1-c1ccc(CN(C)CCC(=O)O)o1. The molecule has 112 valence electrons. The molecule has 1 N–H and O–H groups in total. The lowest BCUT2D eigenvalue weighted by Crippen LogP contribution is -2.20. The summed E-state index contributed by atoms with van der Waals surface area (Å²) in [7, 11) is 1.83. The average Bonchev–Trinajstić information content (AvgIpc) is 2.88. The fourth-order valence-corrected chi connectivity index (χ4v) is 2.11. The predicted molar refractivity (Wildman–Crippen MR) is 77.4 cm³/mol. The van der Waals surface area contributed by atoms with Gasteiger partial charge in [0.25, 0.3) is 0 Å². The van der Waals surface area contributed by atoms with E-state index in [0.717, 1.165) is 11.3 Å². The smallest absolute Gasteiger partial charge is 0.304 e. The zero-order valence-electron chi connectivity index (χ0n) is 12.1. The fraction of sp³-hybridized carbons (Fsp3) is 0.312. The highest BCUT2D eigenvalue weighted by Crippen LogP contribution is 2.27. The van der Waals surface area contributed by atoms with Gasteiger partial charge in [-0.15, -0.1) is 0 Å². The van der Waals surface area contributed by atoms with Crippen LogP contribution >= 0.6 is 0 Å². The highest BCUT2D eigenvalue weighted by atomic mass is 19.1. The van der Waals surface area contributed by atoms with Crippen LogP contribution in [0.3, 0.4) is 0 Å². The van der Waals surface area contributed by atoms with Crippen LogP contribution in [-0.2, 0) is 11.3 Å². The highest BCUT2D eigenvalue weighted by Gasteiger charge is 2.11. The Morgan fingerprint density at radius 1 is 1.33 bits per heavy atom. The van der Waals surface area contributed by atoms with Crippen molar-refractivity contribution in [1.29, 1.82) is 0 Å². The number of carboxylic acids is 1. The Balaban J connectivity index is 2.08. The van der Waals surface area contributed by atoms with Crippen LogP contribution in [0.1, 0.15) is 17.7 Å². The van der Waals surface area contributed by atoms with Crippen molar-refractivity contribution in [2.24, 2.45) is 0 Å². The first kappa shape index (κ1) is 15.3. The molecule has 4 nitrogen and oxygen atoms in total. The molecule has 0 saturated heterocycles. The number of halogens is 1. The van der Waals surface area contributed by atoms with Crippen molar-refractivity contribution in [3.05, 3.63) is 47.5 Å². The third kappa shape index (κ3) is 3.92. The largest absolute Gasteiger partial charge is 0.481 e. The summed E-state index contributed by atoms with van der Waals surface area (Å²) < 4.78 is 19.3. The second-order valence-electron chi connectivity index (χ2n) is 5.06. The standard InChI is InChI=1S/C16H18FNO3/c1-11-13(4-3-5-14(11)17)15-7-6-12(21-15)10-18(2)9-8-16(19)20/h3-7H,8-10H2,1-2H3,(H,19,20). The summed E-state index contributed by atoms with van der Waals surface area (Å²) in [6, 6.07) is 8.52. The first-order chi connectivity index (χ1) is 9.97. The summed E-state index contributed by atoms with van der Waals surface area (Å²) in [4.78, 5) is 12.4. The number of carbonyl (C=O) groups is 1. The minimum Gasteiger partial charge on any atom is -0.481 e. The van der Waals surface area contributed by atoms with Crippen molar-refractivity contribution in [1.82, 2.24) is 4.90 Å². The van der Waals surface area contributed by atoms with E-state index in [2.05, 4.69) is 0 Å². The van der Waals surface area contributed by atoms with Crippen molar-refractivity contribution < 1.29 is 18.7 Å². The number of rotatable bonds is 6. The van der Waals surface area contributed by atoms with Crippen molar-refractivity contribution in [3.8, 4) is 11.3 Å². The normalized spacial score (nSPS) is 11.0. The van der Waals surface area contributed by atoms with Gasteiger partial charge in [0.2, 0.25) is 0 Å². The van der Waals surface area contributed by atoms with Crippen molar-refractivity contribution in [2.75, 3.05) is 13.6 Å². The molecule has 2 rings (SSSR count). The van der Waals surface area contributed by atoms with E-state index in [-0.39, 0.29) is 12.2 Å². The van der Waals surface area contributed by atoms with Crippen LogP contribution in [0.2, 0.25) is 0 Å². The molecule has 1 aromatic heterocycles. The number of hydrogen-bond donors (Lipinski definition) is 1. The molecule has 0 fully saturated rings. The summed E-state index contributed by atoms with van der Waals surface area (Å²) >= 11 is 0. The lowest BCUT2D eigenvalue weighted by Gasteiger charge is -2.13. The van der Waals surface area contributed by atoms with E-state index in [9.17, 15) is 9.18 Å². The number of benzene rings is 1. The Morgan fingerprint density at radius 3 is 2.81 bits per heavy atom. The lowest BCUT2D eigenvalue weighted by atomic mass is 10.1. The Kier molecular flexibility index (Phi) is 4.75. The van der Waals surface area contributed by atoms with Gasteiger partial charge in [0.05, 0.1) is 13.0 Å². The number of nitrogens with zero attached hydrogens (tertiary/aromatic N) is 1. The van der Waals surface area contributed by atoms with Crippen LogP contribution in [0.4, 0.5) is 4.39 Å². The zero-order chi connectivity index (χ0) is 15.4. The van der Waals surface area contributed by atoms with Gasteiger partial charge in [0.1, 0.15) is 17.3 Å². The first-order valence-corrected chi connectivity index (χ1v) is 6.72. The van der Waals surface area contributed by atoms with Crippen LogP contribution in [0.15, 0.2) is 34.7 Å². The van der Waals surface area contributed by atoms with Gasteiger partial charge in [-0.2, -0.15) is 0 Å². The predicted octanol–water partition coefficient (Wildman–Crippen LogP) is 3.30. The monoisotopic (exact) mass is 291 g/mol. The lowest BCUT2D eigenvalue weighted by molar-refractivity contribution is -0.137. The van der Waals surface area contributed by atoms with E-state index in [4.69, 9.17) is 9.52 Å². The van der Waals surface area contributed by atoms with Crippen LogP contribution in [0.25, 0.3) is 11.3 Å².